The SMILES string of the molecule is CN(Cc1ccc(Cl)cc1N)C1CCSC1. The number of hydrogen-bond donors (Lipinski definition) is 1. The van der Waals surface area contributed by atoms with Gasteiger partial charge in [-0.25, -0.2) is 0 Å². The molecule has 1 atom stereocenters. The highest BCUT2D eigenvalue weighted by molar-refractivity contribution is 7.99. The number of thioether (sulfide) groups is 1. The molecule has 0 aliphatic carbocycles. The van der Waals surface area contributed by atoms with Crippen LogP contribution in [0, 0.1) is 0 Å². The van der Waals surface area contributed by atoms with Gasteiger partial charge in [0, 0.05) is 29.0 Å². The first kappa shape index (κ1) is 12.1. The molecule has 0 radical (unpaired) electrons. The second-order valence-electron chi connectivity index (χ2n) is 4.28. The summed E-state index contributed by atoms with van der Waals surface area (Å²) in [5.74, 6) is 2.52. The molecular formula is C12H17ClN2S. The van der Waals surface area contributed by atoms with Gasteiger partial charge in [-0.15, -0.1) is 0 Å². The Kier molecular flexibility index (Phi) is 4.00. The molecule has 1 heterocycles. The molecule has 1 aliphatic rings. The summed E-state index contributed by atoms with van der Waals surface area (Å²) >= 11 is 7.92. The van der Waals surface area contributed by atoms with Gasteiger partial charge >= 0.3 is 0 Å². The van der Waals surface area contributed by atoms with Crippen LogP contribution in [0.2, 0.25) is 5.02 Å². The minimum Gasteiger partial charge on any atom is -0.398 e. The van der Waals surface area contributed by atoms with Crippen molar-refractivity contribution in [2.75, 3.05) is 24.3 Å². The molecule has 1 aliphatic heterocycles. The molecule has 1 aromatic carbocycles. The molecule has 2 nitrogen and oxygen atoms in total. The van der Waals surface area contributed by atoms with Crippen LogP contribution in [0.15, 0.2) is 18.2 Å². The van der Waals surface area contributed by atoms with Crippen LogP contribution in [-0.2, 0) is 6.54 Å². The van der Waals surface area contributed by atoms with E-state index in [1.54, 1.807) is 0 Å². The van der Waals surface area contributed by atoms with Crippen molar-refractivity contribution in [1.29, 1.82) is 0 Å². The number of anilines is 1. The van der Waals surface area contributed by atoms with Crippen molar-refractivity contribution in [2.45, 2.75) is 19.0 Å². The van der Waals surface area contributed by atoms with Crippen LogP contribution in [0.1, 0.15) is 12.0 Å². The van der Waals surface area contributed by atoms with Crippen molar-refractivity contribution in [3.05, 3.63) is 28.8 Å². The van der Waals surface area contributed by atoms with Gasteiger partial charge in [0.25, 0.3) is 0 Å². The molecule has 0 amide bonds. The van der Waals surface area contributed by atoms with Gasteiger partial charge < -0.3 is 5.73 Å². The Labute approximate surface area is 106 Å². The van der Waals surface area contributed by atoms with E-state index in [0.717, 1.165) is 12.2 Å². The van der Waals surface area contributed by atoms with Crippen LogP contribution in [0.3, 0.4) is 0 Å². The fourth-order valence-electron chi connectivity index (χ4n) is 1.98. The highest BCUT2D eigenvalue weighted by Gasteiger charge is 2.20. The summed E-state index contributed by atoms with van der Waals surface area (Å²) in [5.41, 5.74) is 7.92. The Bertz CT molecular complexity index is 364. The maximum atomic E-state index is 5.95. The number of nitrogen functional groups attached to an aromatic ring is 1. The number of nitrogens with zero attached hydrogens (tertiary/aromatic N) is 1. The second-order valence-corrected chi connectivity index (χ2v) is 5.86. The molecule has 4 heteroatoms. The topological polar surface area (TPSA) is 29.3 Å². The molecule has 0 bridgehead atoms. The third-order valence-corrected chi connectivity index (χ3v) is 4.44. The Balaban J connectivity index is 2.02. The van der Waals surface area contributed by atoms with E-state index < -0.39 is 0 Å². The van der Waals surface area contributed by atoms with Crippen molar-refractivity contribution in [3.63, 3.8) is 0 Å². The van der Waals surface area contributed by atoms with E-state index in [0.29, 0.717) is 11.1 Å². The zero-order chi connectivity index (χ0) is 11.5. The number of halogens is 1. The minimum absolute atomic E-state index is 0.695. The molecule has 1 fully saturated rings. The van der Waals surface area contributed by atoms with Crippen molar-refractivity contribution in [3.8, 4) is 0 Å². The molecule has 88 valence electrons. The number of hydrogen-bond acceptors (Lipinski definition) is 3. The van der Waals surface area contributed by atoms with Crippen LogP contribution >= 0.6 is 23.4 Å². The summed E-state index contributed by atoms with van der Waals surface area (Å²) in [6.45, 7) is 0.911. The van der Waals surface area contributed by atoms with E-state index >= 15 is 0 Å². The molecule has 0 saturated carbocycles. The summed E-state index contributed by atoms with van der Waals surface area (Å²) in [6, 6.07) is 6.45. The Hall–Kier alpha value is -0.380. The van der Waals surface area contributed by atoms with E-state index in [1.807, 2.05) is 30.0 Å². The molecular weight excluding hydrogens is 240 g/mol. The van der Waals surface area contributed by atoms with Gasteiger partial charge in [-0.05, 0) is 36.9 Å². The lowest BCUT2D eigenvalue weighted by Gasteiger charge is -2.24. The molecule has 0 aromatic heterocycles. The predicted octanol–water partition coefficient (Wildman–Crippen LogP) is 2.86. The van der Waals surface area contributed by atoms with Crippen molar-refractivity contribution in [2.24, 2.45) is 0 Å². The zero-order valence-corrected chi connectivity index (χ0v) is 11.0. The summed E-state index contributed by atoms with van der Waals surface area (Å²) in [6.07, 6.45) is 1.29. The lowest BCUT2D eigenvalue weighted by molar-refractivity contribution is 0.255. The van der Waals surface area contributed by atoms with Crippen molar-refractivity contribution >= 4 is 29.1 Å². The van der Waals surface area contributed by atoms with Gasteiger partial charge in [-0.2, -0.15) is 11.8 Å². The standard InChI is InChI=1S/C12H17ClN2S/c1-15(11-4-5-16-8-11)7-9-2-3-10(13)6-12(9)14/h2-3,6,11H,4-5,7-8,14H2,1H3. The fraction of sp³-hybridized carbons (Fsp3) is 0.500. The van der Waals surface area contributed by atoms with Crippen LogP contribution in [0.25, 0.3) is 0 Å². The van der Waals surface area contributed by atoms with E-state index in [1.165, 1.54) is 23.5 Å². The second kappa shape index (κ2) is 5.30. The van der Waals surface area contributed by atoms with Gasteiger partial charge in [-0.1, -0.05) is 17.7 Å². The quantitative estimate of drug-likeness (QED) is 0.844. The maximum Gasteiger partial charge on any atom is 0.0426 e. The third-order valence-electron chi connectivity index (χ3n) is 3.06. The monoisotopic (exact) mass is 256 g/mol. The van der Waals surface area contributed by atoms with Crippen molar-refractivity contribution < 1.29 is 0 Å². The molecule has 2 rings (SSSR count). The first-order valence-corrected chi connectivity index (χ1v) is 7.02. The average Bonchev–Trinajstić information content (AvgIpc) is 2.75. The number of benzene rings is 1. The van der Waals surface area contributed by atoms with Gasteiger partial charge in [-0.3, -0.25) is 4.90 Å². The number of nitrogens with two attached hydrogens (primary N) is 1. The fourth-order valence-corrected chi connectivity index (χ4v) is 3.46. The molecule has 2 N–H and O–H groups in total. The Morgan fingerprint density at radius 1 is 1.56 bits per heavy atom. The van der Waals surface area contributed by atoms with Crippen LogP contribution in [0.4, 0.5) is 5.69 Å². The van der Waals surface area contributed by atoms with Crippen LogP contribution in [-0.4, -0.2) is 29.5 Å². The van der Waals surface area contributed by atoms with E-state index in [4.69, 9.17) is 17.3 Å². The Morgan fingerprint density at radius 3 is 3.00 bits per heavy atom. The third kappa shape index (κ3) is 2.84. The van der Waals surface area contributed by atoms with E-state index in [-0.39, 0.29) is 0 Å². The largest absolute Gasteiger partial charge is 0.398 e. The highest BCUT2D eigenvalue weighted by atomic mass is 35.5. The smallest absolute Gasteiger partial charge is 0.0426 e. The molecule has 16 heavy (non-hydrogen) atoms. The Morgan fingerprint density at radius 2 is 2.38 bits per heavy atom. The normalized spacial score (nSPS) is 20.6. The van der Waals surface area contributed by atoms with Crippen LogP contribution < -0.4 is 5.73 Å². The lowest BCUT2D eigenvalue weighted by atomic mass is 10.1. The maximum absolute atomic E-state index is 5.95. The summed E-state index contributed by atoms with van der Waals surface area (Å²) in [5, 5.41) is 0.709. The zero-order valence-electron chi connectivity index (χ0n) is 9.45. The lowest BCUT2D eigenvalue weighted by Crippen LogP contribution is -2.31. The number of rotatable bonds is 3. The first-order chi connectivity index (χ1) is 7.66. The van der Waals surface area contributed by atoms with Crippen molar-refractivity contribution in [1.82, 2.24) is 4.90 Å². The minimum atomic E-state index is 0.695. The predicted molar refractivity (Wildman–Crippen MR) is 73.1 cm³/mol. The van der Waals surface area contributed by atoms with Gasteiger partial charge in [0.15, 0.2) is 0 Å². The summed E-state index contributed by atoms with van der Waals surface area (Å²) in [7, 11) is 2.17. The van der Waals surface area contributed by atoms with Gasteiger partial charge in [0.2, 0.25) is 0 Å². The molecule has 0 spiro atoms. The molecule has 1 saturated heterocycles. The first-order valence-electron chi connectivity index (χ1n) is 5.48. The van der Waals surface area contributed by atoms with Gasteiger partial charge in [0.05, 0.1) is 0 Å². The molecule has 1 unspecified atom stereocenters. The summed E-state index contributed by atoms with van der Waals surface area (Å²) in [4.78, 5) is 2.39. The molecule has 1 aromatic rings. The van der Waals surface area contributed by atoms with Gasteiger partial charge in [0.1, 0.15) is 0 Å². The van der Waals surface area contributed by atoms with Crippen LogP contribution in [0.5, 0.6) is 0 Å². The summed E-state index contributed by atoms with van der Waals surface area (Å²) < 4.78 is 0. The van der Waals surface area contributed by atoms with E-state index in [9.17, 15) is 0 Å². The average molecular weight is 257 g/mol. The van der Waals surface area contributed by atoms with E-state index in [2.05, 4.69) is 11.9 Å². The highest BCUT2D eigenvalue weighted by Crippen LogP contribution is 2.24.